The topological polar surface area (TPSA) is 68.5 Å². The Balaban J connectivity index is 1.60. The average molecular weight is 349 g/mol. The number of carbonyl (C=O) groups is 1. The van der Waals surface area contributed by atoms with Gasteiger partial charge in [0.05, 0.1) is 13.7 Å². The second-order valence-corrected chi connectivity index (χ2v) is 5.68. The molecule has 0 aliphatic heterocycles. The maximum Gasteiger partial charge on any atom is 0.246 e. The third kappa shape index (κ3) is 4.36. The van der Waals surface area contributed by atoms with E-state index in [1.54, 1.807) is 20.2 Å². The molecule has 0 aliphatic carbocycles. The van der Waals surface area contributed by atoms with E-state index in [-0.39, 0.29) is 12.5 Å². The van der Waals surface area contributed by atoms with Gasteiger partial charge in [-0.15, -0.1) is 0 Å². The van der Waals surface area contributed by atoms with Crippen LogP contribution in [0.3, 0.4) is 0 Å². The van der Waals surface area contributed by atoms with E-state index in [1.165, 1.54) is 11.0 Å². The van der Waals surface area contributed by atoms with Crippen molar-refractivity contribution in [3.63, 3.8) is 0 Å². The van der Waals surface area contributed by atoms with E-state index >= 15 is 0 Å². The molecule has 0 saturated carbocycles. The van der Waals surface area contributed by atoms with Crippen molar-refractivity contribution in [1.82, 2.24) is 15.0 Å². The van der Waals surface area contributed by atoms with Crippen LogP contribution in [0.1, 0.15) is 11.5 Å². The molecular weight excluding hydrogens is 330 g/mol. The van der Waals surface area contributed by atoms with Crippen molar-refractivity contribution in [3.05, 3.63) is 72.1 Å². The molecule has 1 heterocycles. The Morgan fingerprint density at radius 2 is 1.88 bits per heavy atom. The Morgan fingerprint density at radius 1 is 1.15 bits per heavy atom. The van der Waals surface area contributed by atoms with E-state index in [0.717, 1.165) is 16.9 Å². The third-order valence-electron chi connectivity index (χ3n) is 3.78. The Hall–Kier alpha value is -3.41. The molecule has 3 aromatic rings. The van der Waals surface area contributed by atoms with Gasteiger partial charge >= 0.3 is 0 Å². The number of nitrogens with zero attached hydrogens (tertiary/aromatic N) is 3. The van der Waals surface area contributed by atoms with E-state index in [9.17, 15) is 4.79 Å². The number of aromatic nitrogens is 2. The fourth-order valence-corrected chi connectivity index (χ4v) is 2.31. The maximum absolute atomic E-state index is 12.2. The summed E-state index contributed by atoms with van der Waals surface area (Å²) in [4.78, 5) is 18.1. The average Bonchev–Trinajstić information content (AvgIpc) is 3.15. The van der Waals surface area contributed by atoms with Gasteiger partial charge in [0.25, 0.3) is 0 Å². The number of likely N-dealkylation sites (N-methyl/N-ethyl adjacent to an activating group) is 1. The molecule has 0 saturated heterocycles. The van der Waals surface area contributed by atoms with Gasteiger partial charge in [-0.2, -0.15) is 4.98 Å². The van der Waals surface area contributed by atoms with Crippen molar-refractivity contribution in [1.29, 1.82) is 0 Å². The number of carbonyl (C=O) groups excluding carboxylic acids is 1. The molecule has 2 aromatic carbocycles. The molecule has 6 heteroatoms. The van der Waals surface area contributed by atoms with E-state index in [4.69, 9.17) is 9.26 Å². The zero-order valence-corrected chi connectivity index (χ0v) is 14.6. The quantitative estimate of drug-likeness (QED) is 0.638. The Morgan fingerprint density at radius 3 is 2.58 bits per heavy atom. The summed E-state index contributed by atoms with van der Waals surface area (Å²) in [5, 5.41) is 3.95. The standard InChI is InChI=1S/C20H19N3O3/c1-23(19(24)13-10-15-8-11-17(25-2)12-9-15)14-18-21-20(22-26-18)16-6-4-3-5-7-16/h3-13H,14H2,1-2H3. The minimum absolute atomic E-state index is 0.153. The number of rotatable bonds is 6. The van der Waals surface area contributed by atoms with Crippen LogP contribution in [0.2, 0.25) is 0 Å². The molecule has 0 fully saturated rings. The van der Waals surface area contributed by atoms with Crippen LogP contribution in [0.4, 0.5) is 0 Å². The summed E-state index contributed by atoms with van der Waals surface area (Å²) in [5.41, 5.74) is 1.78. The zero-order chi connectivity index (χ0) is 18.4. The van der Waals surface area contributed by atoms with Gasteiger partial charge in [0, 0.05) is 18.7 Å². The highest BCUT2D eigenvalue weighted by molar-refractivity contribution is 5.91. The molecule has 0 aliphatic rings. The van der Waals surface area contributed by atoms with Crippen LogP contribution >= 0.6 is 0 Å². The van der Waals surface area contributed by atoms with Crippen molar-refractivity contribution in [2.75, 3.05) is 14.2 Å². The highest BCUT2D eigenvalue weighted by atomic mass is 16.5. The molecule has 0 radical (unpaired) electrons. The van der Waals surface area contributed by atoms with E-state index in [1.807, 2.05) is 54.6 Å². The fourth-order valence-electron chi connectivity index (χ4n) is 2.31. The summed E-state index contributed by atoms with van der Waals surface area (Å²) in [7, 11) is 3.30. The highest BCUT2D eigenvalue weighted by Crippen LogP contribution is 2.16. The molecule has 1 amide bonds. The first-order chi connectivity index (χ1) is 12.7. The van der Waals surface area contributed by atoms with Gasteiger partial charge in [-0.1, -0.05) is 47.6 Å². The Kier molecular flexibility index (Phi) is 5.43. The van der Waals surface area contributed by atoms with Gasteiger partial charge in [-0.3, -0.25) is 4.79 Å². The molecule has 6 nitrogen and oxygen atoms in total. The molecule has 26 heavy (non-hydrogen) atoms. The van der Waals surface area contributed by atoms with Crippen LogP contribution in [0.5, 0.6) is 5.75 Å². The van der Waals surface area contributed by atoms with Crippen LogP contribution in [0, 0.1) is 0 Å². The first-order valence-corrected chi connectivity index (χ1v) is 8.11. The maximum atomic E-state index is 12.2. The first kappa shape index (κ1) is 17.4. The van der Waals surface area contributed by atoms with Gasteiger partial charge < -0.3 is 14.2 Å². The predicted molar refractivity (Wildman–Crippen MR) is 98.2 cm³/mol. The second-order valence-electron chi connectivity index (χ2n) is 5.68. The monoisotopic (exact) mass is 349 g/mol. The van der Waals surface area contributed by atoms with Gasteiger partial charge in [0.15, 0.2) is 0 Å². The summed E-state index contributed by atoms with van der Waals surface area (Å²) >= 11 is 0. The van der Waals surface area contributed by atoms with Crippen LogP contribution in [0.15, 0.2) is 65.2 Å². The van der Waals surface area contributed by atoms with Crippen LogP contribution in [-0.2, 0) is 11.3 Å². The number of benzene rings is 2. The van der Waals surface area contributed by atoms with Crippen LogP contribution in [-0.4, -0.2) is 35.1 Å². The number of ether oxygens (including phenoxy) is 1. The van der Waals surface area contributed by atoms with Gasteiger partial charge in [0.2, 0.25) is 17.6 Å². The largest absolute Gasteiger partial charge is 0.497 e. The molecule has 0 spiro atoms. The van der Waals surface area contributed by atoms with E-state index in [2.05, 4.69) is 10.1 Å². The zero-order valence-electron chi connectivity index (χ0n) is 14.6. The molecule has 0 unspecified atom stereocenters. The smallest absolute Gasteiger partial charge is 0.246 e. The molecule has 0 bridgehead atoms. The lowest BCUT2D eigenvalue weighted by Crippen LogP contribution is -2.24. The molecule has 0 atom stereocenters. The van der Waals surface area contributed by atoms with Crippen molar-refractivity contribution in [2.24, 2.45) is 0 Å². The number of methoxy groups -OCH3 is 1. The minimum Gasteiger partial charge on any atom is -0.497 e. The van der Waals surface area contributed by atoms with Crippen molar-refractivity contribution >= 4 is 12.0 Å². The summed E-state index contributed by atoms with van der Waals surface area (Å²) in [6.07, 6.45) is 3.26. The van der Waals surface area contributed by atoms with Crippen LogP contribution < -0.4 is 4.74 Å². The van der Waals surface area contributed by atoms with Gasteiger partial charge in [-0.05, 0) is 23.8 Å². The first-order valence-electron chi connectivity index (χ1n) is 8.11. The lowest BCUT2D eigenvalue weighted by molar-refractivity contribution is -0.125. The number of hydrogen-bond acceptors (Lipinski definition) is 5. The predicted octanol–water partition coefficient (Wildman–Crippen LogP) is 3.42. The molecule has 1 aromatic heterocycles. The molecular formula is C20H19N3O3. The minimum atomic E-state index is -0.153. The van der Waals surface area contributed by atoms with E-state index in [0.29, 0.717) is 11.7 Å². The van der Waals surface area contributed by atoms with Crippen molar-refractivity contribution < 1.29 is 14.1 Å². The summed E-state index contributed by atoms with van der Waals surface area (Å²) < 4.78 is 10.3. The third-order valence-corrected chi connectivity index (χ3v) is 3.78. The summed E-state index contributed by atoms with van der Waals surface area (Å²) in [6.45, 7) is 0.242. The van der Waals surface area contributed by atoms with Crippen molar-refractivity contribution in [3.8, 4) is 17.1 Å². The number of amides is 1. The van der Waals surface area contributed by atoms with E-state index < -0.39 is 0 Å². The fraction of sp³-hybridized carbons (Fsp3) is 0.150. The Labute approximate surface area is 151 Å². The molecule has 132 valence electrons. The van der Waals surface area contributed by atoms with Gasteiger partial charge in [0.1, 0.15) is 5.75 Å². The molecule has 3 rings (SSSR count). The highest BCUT2D eigenvalue weighted by Gasteiger charge is 2.13. The number of hydrogen-bond donors (Lipinski definition) is 0. The lowest BCUT2D eigenvalue weighted by Gasteiger charge is -2.11. The SMILES string of the molecule is COc1ccc(C=CC(=O)N(C)Cc2nc(-c3ccccc3)no2)cc1. The summed E-state index contributed by atoms with van der Waals surface area (Å²) in [6, 6.07) is 17.0. The normalized spacial score (nSPS) is 10.8. The Bertz CT molecular complexity index is 886. The van der Waals surface area contributed by atoms with Crippen LogP contribution in [0.25, 0.3) is 17.5 Å². The summed E-state index contributed by atoms with van der Waals surface area (Å²) in [5.74, 6) is 1.52. The van der Waals surface area contributed by atoms with Gasteiger partial charge in [-0.25, -0.2) is 0 Å². The lowest BCUT2D eigenvalue weighted by atomic mass is 10.2. The van der Waals surface area contributed by atoms with Crippen molar-refractivity contribution in [2.45, 2.75) is 6.54 Å². The molecule has 0 N–H and O–H groups in total. The second kappa shape index (κ2) is 8.11.